The second-order valence-corrected chi connectivity index (χ2v) is 11.8. The van der Waals surface area contributed by atoms with E-state index >= 15 is 0 Å². The van der Waals surface area contributed by atoms with Crippen molar-refractivity contribution in [2.24, 2.45) is 5.14 Å². The summed E-state index contributed by atoms with van der Waals surface area (Å²) in [6, 6.07) is 25.4. The number of benzene rings is 3. The summed E-state index contributed by atoms with van der Waals surface area (Å²) in [5.41, 5.74) is 6.37. The Morgan fingerprint density at radius 1 is 0.816 bits per heavy atom. The van der Waals surface area contributed by atoms with Crippen molar-refractivity contribution in [3.63, 3.8) is 0 Å². The summed E-state index contributed by atoms with van der Waals surface area (Å²) in [5.74, 6) is 0.573. The highest BCUT2D eigenvalue weighted by molar-refractivity contribution is 7.89. The molecule has 9 heteroatoms. The van der Waals surface area contributed by atoms with E-state index in [1.54, 1.807) is 23.5 Å². The summed E-state index contributed by atoms with van der Waals surface area (Å²) < 4.78 is 24.2. The number of aromatic nitrogens is 3. The summed E-state index contributed by atoms with van der Waals surface area (Å²) in [5, 5.41) is 9.57. The van der Waals surface area contributed by atoms with Crippen LogP contribution in [-0.2, 0) is 35.7 Å². The quantitative estimate of drug-likeness (QED) is 0.253. The number of thiazole rings is 1. The summed E-state index contributed by atoms with van der Waals surface area (Å²) in [7, 11) is -3.70. The average Bonchev–Trinajstić information content (AvgIpc) is 3.30. The van der Waals surface area contributed by atoms with Crippen molar-refractivity contribution in [3.05, 3.63) is 112 Å². The van der Waals surface area contributed by atoms with E-state index in [-0.39, 0.29) is 4.90 Å². The molecule has 194 valence electrons. The van der Waals surface area contributed by atoms with Crippen molar-refractivity contribution in [2.45, 2.75) is 37.5 Å². The van der Waals surface area contributed by atoms with Crippen LogP contribution in [0.25, 0.3) is 10.2 Å². The van der Waals surface area contributed by atoms with Gasteiger partial charge >= 0.3 is 0 Å². The molecule has 3 aromatic carbocycles. The number of nitrogens with zero attached hydrogens (tertiary/aromatic N) is 3. The highest BCUT2D eigenvalue weighted by atomic mass is 32.2. The molecule has 5 rings (SSSR count). The molecule has 2 aromatic heterocycles. The van der Waals surface area contributed by atoms with Gasteiger partial charge in [0.05, 0.1) is 31.5 Å². The predicted octanol–water partition coefficient (Wildman–Crippen LogP) is 5.13. The molecule has 0 saturated carbocycles. The maximum Gasteiger partial charge on any atom is 0.238 e. The first kappa shape index (κ1) is 26.0. The molecule has 0 saturated heterocycles. The summed E-state index contributed by atoms with van der Waals surface area (Å²) in [6.45, 7) is 2.76. The Hall–Kier alpha value is -3.66. The summed E-state index contributed by atoms with van der Waals surface area (Å²) in [4.78, 5) is 14.5. The lowest BCUT2D eigenvalue weighted by molar-refractivity contribution is 0.598. The lowest BCUT2D eigenvalue weighted by Gasteiger charge is -2.10. The standard InChI is InChI=1S/C29H29N5O2S2/c1-2-20-10-13-26-27(17-20)37-28(34-26)19-24-18-23(16-22-6-4-3-5-7-22)32-29(33-24)31-15-14-21-8-11-25(12-9-21)38(30,35)36/h3-13,17-18H,2,14-16,19H2,1H3,(H2,30,35,36)(H,31,32,33). The van der Waals surface area contributed by atoms with Crippen LogP contribution < -0.4 is 10.5 Å². The number of sulfonamides is 1. The van der Waals surface area contributed by atoms with Gasteiger partial charge in [0.1, 0.15) is 0 Å². The molecule has 0 aliphatic rings. The topological polar surface area (TPSA) is 111 Å². The Kier molecular flexibility index (Phi) is 7.78. The number of aryl methyl sites for hydroxylation is 1. The Bertz CT molecular complexity index is 1650. The van der Waals surface area contributed by atoms with Gasteiger partial charge in [-0.2, -0.15) is 0 Å². The van der Waals surface area contributed by atoms with Crippen molar-refractivity contribution in [1.29, 1.82) is 0 Å². The molecule has 0 radical (unpaired) electrons. The van der Waals surface area contributed by atoms with E-state index in [9.17, 15) is 8.42 Å². The third-order valence-electron chi connectivity index (χ3n) is 6.25. The van der Waals surface area contributed by atoms with Crippen LogP contribution in [0.4, 0.5) is 5.95 Å². The second kappa shape index (κ2) is 11.4. The third kappa shape index (κ3) is 6.61. The SMILES string of the molecule is CCc1ccc2nc(Cc3cc(Cc4ccccc4)nc(NCCc4ccc(S(N)(=O)=O)cc4)n3)sc2c1. The number of anilines is 1. The minimum Gasteiger partial charge on any atom is -0.354 e. The molecule has 0 aliphatic heterocycles. The fourth-order valence-electron chi connectivity index (χ4n) is 4.25. The average molecular weight is 544 g/mol. The van der Waals surface area contributed by atoms with E-state index in [2.05, 4.69) is 48.6 Å². The number of nitrogens with two attached hydrogens (primary N) is 1. The fourth-order valence-corrected chi connectivity index (χ4v) is 5.81. The number of hydrogen-bond donors (Lipinski definition) is 2. The van der Waals surface area contributed by atoms with Crippen LogP contribution in [0, 0.1) is 0 Å². The summed E-state index contributed by atoms with van der Waals surface area (Å²) in [6.07, 6.45) is 3.03. The Morgan fingerprint density at radius 2 is 1.53 bits per heavy atom. The van der Waals surface area contributed by atoms with Crippen LogP contribution in [0.1, 0.15) is 40.0 Å². The third-order valence-corrected chi connectivity index (χ3v) is 8.19. The Morgan fingerprint density at radius 3 is 2.24 bits per heavy atom. The zero-order valence-corrected chi connectivity index (χ0v) is 22.7. The Balaban J connectivity index is 1.34. The molecule has 0 fully saturated rings. The minimum absolute atomic E-state index is 0.108. The van der Waals surface area contributed by atoms with Crippen LogP contribution >= 0.6 is 11.3 Å². The first-order valence-electron chi connectivity index (χ1n) is 12.5. The van der Waals surface area contributed by atoms with E-state index in [1.807, 2.05) is 18.2 Å². The monoisotopic (exact) mass is 543 g/mol. The predicted molar refractivity (Wildman–Crippen MR) is 153 cm³/mol. The van der Waals surface area contributed by atoms with Gasteiger partial charge in [0.25, 0.3) is 0 Å². The molecule has 0 amide bonds. The van der Waals surface area contributed by atoms with Gasteiger partial charge in [-0.15, -0.1) is 11.3 Å². The van der Waals surface area contributed by atoms with Gasteiger partial charge in [-0.25, -0.2) is 28.5 Å². The molecule has 7 nitrogen and oxygen atoms in total. The van der Waals surface area contributed by atoms with Crippen LogP contribution in [0.2, 0.25) is 0 Å². The van der Waals surface area contributed by atoms with E-state index < -0.39 is 10.0 Å². The normalized spacial score (nSPS) is 11.6. The lowest BCUT2D eigenvalue weighted by Crippen LogP contribution is -2.13. The number of primary sulfonamides is 1. The van der Waals surface area contributed by atoms with Crippen LogP contribution in [0.5, 0.6) is 0 Å². The first-order chi connectivity index (χ1) is 18.4. The zero-order valence-electron chi connectivity index (χ0n) is 21.1. The van der Waals surface area contributed by atoms with Crippen molar-refractivity contribution in [3.8, 4) is 0 Å². The van der Waals surface area contributed by atoms with Gasteiger partial charge < -0.3 is 5.32 Å². The van der Waals surface area contributed by atoms with Crippen molar-refractivity contribution in [2.75, 3.05) is 11.9 Å². The molecular weight excluding hydrogens is 514 g/mol. The number of fused-ring (bicyclic) bond motifs is 1. The van der Waals surface area contributed by atoms with Gasteiger partial charge in [-0.1, -0.05) is 55.5 Å². The molecule has 0 bridgehead atoms. The highest BCUT2D eigenvalue weighted by Gasteiger charge is 2.11. The summed E-state index contributed by atoms with van der Waals surface area (Å²) >= 11 is 1.71. The second-order valence-electron chi connectivity index (χ2n) is 9.14. The number of rotatable bonds is 10. The highest BCUT2D eigenvalue weighted by Crippen LogP contribution is 2.25. The van der Waals surface area contributed by atoms with E-state index in [0.717, 1.165) is 33.9 Å². The van der Waals surface area contributed by atoms with Gasteiger partial charge in [0, 0.05) is 19.4 Å². The number of nitrogens with one attached hydrogen (secondary N) is 1. The molecule has 0 unspecified atom stereocenters. The number of hydrogen-bond acceptors (Lipinski definition) is 7. The Labute approximate surface area is 226 Å². The van der Waals surface area contributed by atoms with E-state index in [1.165, 1.54) is 28.0 Å². The molecule has 0 atom stereocenters. The maximum absolute atomic E-state index is 11.5. The van der Waals surface area contributed by atoms with Gasteiger partial charge in [-0.3, -0.25) is 0 Å². The van der Waals surface area contributed by atoms with Crippen molar-refractivity contribution >= 4 is 37.5 Å². The van der Waals surface area contributed by atoms with Crippen LogP contribution in [-0.4, -0.2) is 29.9 Å². The fraction of sp³-hybridized carbons (Fsp3) is 0.207. The molecule has 3 N–H and O–H groups in total. The van der Waals surface area contributed by atoms with E-state index in [4.69, 9.17) is 20.1 Å². The lowest BCUT2D eigenvalue weighted by atomic mass is 10.1. The molecule has 5 aromatic rings. The van der Waals surface area contributed by atoms with Crippen molar-refractivity contribution in [1.82, 2.24) is 15.0 Å². The smallest absolute Gasteiger partial charge is 0.238 e. The van der Waals surface area contributed by atoms with E-state index in [0.29, 0.717) is 31.8 Å². The van der Waals surface area contributed by atoms with Crippen LogP contribution in [0.15, 0.2) is 83.8 Å². The largest absolute Gasteiger partial charge is 0.354 e. The van der Waals surface area contributed by atoms with Gasteiger partial charge in [-0.05, 0) is 59.9 Å². The van der Waals surface area contributed by atoms with Gasteiger partial charge in [0.15, 0.2) is 0 Å². The maximum atomic E-state index is 11.5. The molecule has 0 aliphatic carbocycles. The minimum atomic E-state index is -3.70. The molecule has 2 heterocycles. The molecule has 0 spiro atoms. The molecular formula is C29H29N5O2S2. The van der Waals surface area contributed by atoms with Gasteiger partial charge in [0.2, 0.25) is 16.0 Å². The zero-order chi connectivity index (χ0) is 26.5. The molecule has 38 heavy (non-hydrogen) atoms. The first-order valence-corrected chi connectivity index (χ1v) is 14.9. The van der Waals surface area contributed by atoms with Crippen molar-refractivity contribution < 1.29 is 8.42 Å². The van der Waals surface area contributed by atoms with Crippen LogP contribution in [0.3, 0.4) is 0 Å².